The van der Waals surface area contributed by atoms with Gasteiger partial charge in [-0.25, -0.2) is 0 Å². The molecule has 0 aliphatic rings. The van der Waals surface area contributed by atoms with E-state index < -0.39 is 0 Å². The molecule has 6 heteroatoms. The highest BCUT2D eigenvalue weighted by Gasteiger charge is 2.21. The van der Waals surface area contributed by atoms with E-state index in [1.165, 1.54) is 4.57 Å². The lowest BCUT2D eigenvalue weighted by Gasteiger charge is -2.21. The summed E-state index contributed by atoms with van der Waals surface area (Å²) in [6.07, 6.45) is 3.21. The lowest BCUT2D eigenvalue weighted by Crippen LogP contribution is -2.35. The van der Waals surface area contributed by atoms with Crippen LogP contribution >= 0.6 is 11.3 Å². The molecule has 0 bridgehead atoms. The first-order valence-corrected chi connectivity index (χ1v) is 8.08. The summed E-state index contributed by atoms with van der Waals surface area (Å²) in [5, 5.41) is 3.96. The van der Waals surface area contributed by atoms with Gasteiger partial charge in [-0.2, -0.15) is 11.3 Å². The Balaban J connectivity index is 1.91. The molecule has 3 heterocycles. The van der Waals surface area contributed by atoms with E-state index in [0.717, 1.165) is 5.56 Å². The number of thiophene rings is 1. The van der Waals surface area contributed by atoms with Gasteiger partial charge in [-0.05, 0) is 46.7 Å². The van der Waals surface area contributed by atoms with Crippen LogP contribution in [0.15, 0.2) is 62.8 Å². The number of hydrogen-bond acceptors (Lipinski definition) is 4. The average Bonchev–Trinajstić information content (AvgIpc) is 3.22. The summed E-state index contributed by atoms with van der Waals surface area (Å²) >= 11 is 1.58. The lowest BCUT2D eigenvalue weighted by molar-refractivity contribution is 0.0715. The minimum atomic E-state index is -0.299. The molecule has 0 saturated carbocycles. The Labute approximate surface area is 137 Å². The smallest absolute Gasteiger partial charge is 0.263 e. The van der Waals surface area contributed by atoms with Crippen molar-refractivity contribution < 1.29 is 9.21 Å². The molecule has 0 aromatic carbocycles. The maximum atomic E-state index is 12.8. The Morgan fingerprint density at radius 3 is 2.83 bits per heavy atom. The fourth-order valence-electron chi connectivity index (χ4n) is 2.32. The zero-order valence-corrected chi connectivity index (χ0v) is 13.5. The quantitative estimate of drug-likeness (QED) is 0.724. The minimum Gasteiger partial charge on any atom is -0.467 e. The first-order chi connectivity index (χ1) is 11.1. The third kappa shape index (κ3) is 3.43. The maximum Gasteiger partial charge on any atom is 0.263 e. The molecule has 5 nitrogen and oxygen atoms in total. The van der Waals surface area contributed by atoms with Crippen molar-refractivity contribution in [2.75, 3.05) is 0 Å². The lowest BCUT2D eigenvalue weighted by atomic mass is 10.2. The Bertz CT molecular complexity index is 799. The molecular weight excluding hydrogens is 312 g/mol. The number of amides is 1. The van der Waals surface area contributed by atoms with Gasteiger partial charge in [0.05, 0.1) is 12.8 Å². The molecule has 0 aliphatic heterocycles. The van der Waals surface area contributed by atoms with Crippen molar-refractivity contribution in [1.82, 2.24) is 9.47 Å². The van der Waals surface area contributed by atoms with E-state index in [9.17, 15) is 9.59 Å². The SMILES string of the molecule is Cn1cccc(C(=O)N(Cc2ccsc2)Cc2ccco2)c1=O. The molecule has 0 saturated heterocycles. The molecule has 0 unspecified atom stereocenters. The summed E-state index contributed by atoms with van der Waals surface area (Å²) in [5.41, 5.74) is 0.895. The Kier molecular flexibility index (Phi) is 4.43. The van der Waals surface area contributed by atoms with E-state index in [1.807, 2.05) is 22.9 Å². The highest BCUT2D eigenvalue weighted by Crippen LogP contribution is 2.15. The van der Waals surface area contributed by atoms with Crippen LogP contribution in [-0.2, 0) is 20.1 Å². The molecule has 0 fully saturated rings. The van der Waals surface area contributed by atoms with Gasteiger partial charge >= 0.3 is 0 Å². The summed E-state index contributed by atoms with van der Waals surface area (Å²) in [6, 6.07) is 8.83. The number of furan rings is 1. The normalized spacial score (nSPS) is 10.7. The van der Waals surface area contributed by atoms with Crippen LogP contribution in [-0.4, -0.2) is 15.4 Å². The molecule has 3 rings (SSSR count). The predicted molar refractivity (Wildman–Crippen MR) is 88.3 cm³/mol. The van der Waals surface area contributed by atoms with Crippen LogP contribution in [0.4, 0.5) is 0 Å². The summed E-state index contributed by atoms with van der Waals surface area (Å²) in [7, 11) is 1.63. The Morgan fingerprint density at radius 2 is 2.13 bits per heavy atom. The van der Waals surface area contributed by atoms with Crippen LogP contribution in [0.25, 0.3) is 0 Å². The van der Waals surface area contributed by atoms with Crippen molar-refractivity contribution in [3.05, 3.63) is 80.8 Å². The maximum absolute atomic E-state index is 12.8. The molecule has 23 heavy (non-hydrogen) atoms. The van der Waals surface area contributed by atoms with Crippen molar-refractivity contribution >= 4 is 17.2 Å². The second-order valence-corrected chi connectivity index (χ2v) is 5.99. The van der Waals surface area contributed by atoms with E-state index in [4.69, 9.17) is 4.42 Å². The van der Waals surface area contributed by atoms with Gasteiger partial charge < -0.3 is 13.9 Å². The molecule has 0 radical (unpaired) electrons. The van der Waals surface area contributed by atoms with Crippen molar-refractivity contribution in [3.63, 3.8) is 0 Å². The van der Waals surface area contributed by atoms with Gasteiger partial charge in [-0.3, -0.25) is 9.59 Å². The van der Waals surface area contributed by atoms with Crippen LogP contribution in [0.3, 0.4) is 0 Å². The van der Waals surface area contributed by atoms with E-state index in [-0.39, 0.29) is 17.0 Å². The average molecular weight is 328 g/mol. The fraction of sp³-hybridized carbons (Fsp3) is 0.176. The second kappa shape index (κ2) is 6.66. The number of hydrogen-bond donors (Lipinski definition) is 0. The van der Waals surface area contributed by atoms with Crippen LogP contribution < -0.4 is 5.56 Å². The number of carbonyl (C=O) groups excluding carboxylic acids is 1. The van der Waals surface area contributed by atoms with E-state index in [1.54, 1.807) is 53.9 Å². The van der Waals surface area contributed by atoms with Gasteiger partial charge in [-0.15, -0.1) is 0 Å². The first-order valence-electron chi connectivity index (χ1n) is 7.13. The van der Waals surface area contributed by atoms with E-state index in [2.05, 4.69) is 0 Å². The van der Waals surface area contributed by atoms with Crippen molar-refractivity contribution in [2.24, 2.45) is 7.05 Å². The standard InChI is InChI=1S/C17H16N2O3S/c1-18-7-2-5-15(16(18)20)17(21)19(10-13-6-9-23-12-13)11-14-4-3-8-22-14/h2-9,12H,10-11H2,1H3. The second-order valence-electron chi connectivity index (χ2n) is 5.21. The summed E-state index contributed by atoms with van der Waals surface area (Å²) in [4.78, 5) is 26.7. The van der Waals surface area contributed by atoms with Gasteiger partial charge in [0.25, 0.3) is 11.5 Å². The first kappa shape index (κ1) is 15.3. The fourth-order valence-corrected chi connectivity index (χ4v) is 2.98. The molecule has 3 aromatic heterocycles. The van der Waals surface area contributed by atoms with Gasteiger partial charge in [0.2, 0.25) is 0 Å². The van der Waals surface area contributed by atoms with E-state index >= 15 is 0 Å². The zero-order valence-electron chi connectivity index (χ0n) is 12.6. The largest absolute Gasteiger partial charge is 0.467 e. The highest BCUT2D eigenvalue weighted by molar-refractivity contribution is 7.07. The van der Waals surface area contributed by atoms with Crippen LogP contribution in [0, 0.1) is 0 Å². The summed E-state index contributed by atoms with van der Waals surface area (Å²) in [6.45, 7) is 0.751. The Hall–Kier alpha value is -2.60. The number of carbonyl (C=O) groups is 1. The molecule has 3 aromatic rings. The molecule has 1 amide bonds. The number of pyridine rings is 1. The van der Waals surface area contributed by atoms with Gasteiger partial charge in [0.1, 0.15) is 11.3 Å². The number of aromatic nitrogens is 1. The predicted octanol–water partition coefficient (Wildman–Crippen LogP) is 2.88. The topological polar surface area (TPSA) is 55.5 Å². The molecular formula is C17H16N2O3S. The summed E-state index contributed by atoms with van der Waals surface area (Å²) in [5.74, 6) is 0.384. The Morgan fingerprint density at radius 1 is 1.26 bits per heavy atom. The van der Waals surface area contributed by atoms with Crippen molar-refractivity contribution in [1.29, 1.82) is 0 Å². The number of nitrogens with zero attached hydrogens (tertiary/aromatic N) is 2. The number of aryl methyl sites for hydroxylation is 1. The van der Waals surface area contributed by atoms with Gasteiger partial charge in [0, 0.05) is 19.8 Å². The minimum absolute atomic E-state index is 0.164. The monoisotopic (exact) mass is 328 g/mol. The molecule has 0 N–H and O–H groups in total. The zero-order chi connectivity index (χ0) is 16.2. The van der Waals surface area contributed by atoms with Gasteiger partial charge in [-0.1, -0.05) is 0 Å². The van der Waals surface area contributed by atoms with Crippen molar-refractivity contribution in [2.45, 2.75) is 13.1 Å². The van der Waals surface area contributed by atoms with Crippen LogP contribution in [0.1, 0.15) is 21.7 Å². The van der Waals surface area contributed by atoms with Crippen LogP contribution in [0.5, 0.6) is 0 Å². The summed E-state index contributed by atoms with van der Waals surface area (Å²) < 4.78 is 6.75. The molecule has 0 aliphatic carbocycles. The van der Waals surface area contributed by atoms with Crippen LogP contribution in [0.2, 0.25) is 0 Å². The third-order valence-corrected chi connectivity index (χ3v) is 4.25. The van der Waals surface area contributed by atoms with Gasteiger partial charge in [0.15, 0.2) is 0 Å². The van der Waals surface area contributed by atoms with E-state index in [0.29, 0.717) is 18.8 Å². The third-order valence-electron chi connectivity index (χ3n) is 3.52. The molecule has 0 atom stereocenters. The number of rotatable bonds is 5. The molecule has 118 valence electrons. The molecule has 0 spiro atoms. The van der Waals surface area contributed by atoms with Crippen molar-refractivity contribution in [3.8, 4) is 0 Å². The highest BCUT2D eigenvalue weighted by atomic mass is 32.1.